The van der Waals surface area contributed by atoms with Gasteiger partial charge in [0.05, 0.1) is 0 Å². The molecule has 3 nitrogen and oxygen atoms in total. The van der Waals surface area contributed by atoms with Gasteiger partial charge in [-0.2, -0.15) is 0 Å². The largest absolute Gasteiger partial charge is 0.339 e. The minimum atomic E-state index is 0.224. The molecule has 0 aromatic carbocycles. The molecule has 2 aliphatic rings. The molecule has 3 atom stereocenters. The van der Waals surface area contributed by atoms with Crippen molar-refractivity contribution in [3.63, 3.8) is 0 Å². The predicted molar refractivity (Wildman–Crippen MR) is 74.1 cm³/mol. The molecule has 2 fully saturated rings. The third-order valence-corrected chi connectivity index (χ3v) is 4.91. The minimum absolute atomic E-state index is 0.224. The first-order valence-corrected chi connectivity index (χ1v) is 7.78. The van der Waals surface area contributed by atoms with Crippen molar-refractivity contribution >= 4 is 5.91 Å². The molecular weight excluding hydrogens is 224 g/mol. The standard InChI is InChI=1S/C15H28N2O/c1-2-13-8-4-3-5-10-17(13)15(18)14-9-6-7-12(14)11-16/h12-14H,2-11,16H2,1H3/t12-,13?,14-/m1/s1. The number of likely N-dealkylation sites (tertiary alicyclic amines) is 1. The summed E-state index contributed by atoms with van der Waals surface area (Å²) in [6.07, 6.45) is 9.45. The van der Waals surface area contributed by atoms with Crippen LogP contribution in [0.15, 0.2) is 0 Å². The van der Waals surface area contributed by atoms with Crippen LogP contribution in [0.2, 0.25) is 0 Å². The quantitative estimate of drug-likeness (QED) is 0.839. The normalized spacial score (nSPS) is 33.4. The summed E-state index contributed by atoms with van der Waals surface area (Å²) in [7, 11) is 0. The van der Waals surface area contributed by atoms with Crippen LogP contribution in [0.5, 0.6) is 0 Å². The highest BCUT2D eigenvalue weighted by Gasteiger charge is 2.36. The summed E-state index contributed by atoms with van der Waals surface area (Å²) < 4.78 is 0. The van der Waals surface area contributed by atoms with Gasteiger partial charge in [-0.15, -0.1) is 0 Å². The molecule has 0 aromatic rings. The molecule has 1 saturated carbocycles. The van der Waals surface area contributed by atoms with Crippen LogP contribution < -0.4 is 5.73 Å². The van der Waals surface area contributed by atoms with Gasteiger partial charge >= 0.3 is 0 Å². The van der Waals surface area contributed by atoms with E-state index >= 15 is 0 Å². The van der Waals surface area contributed by atoms with Gasteiger partial charge in [-0.3, -0.25) is 4.79 Å². The zero-order valence-corrected chi connectivity index (χ0v) is 11.7. The maximum absolute atomic E-state index is 12.8. The number of nitrogens with two attached hydrogens (primary N) is 1. The van der Waals surface area contributed by atoms with Crippen LogP contribution in [0.3, 0.4) is 0 Å². The fourth-order valence-corrected chi connectivity index (χ4v) is 3.75. The Balaban J connectivity index is 2.05. The van der Waals surface area contributed by atoms with Gasteiger partial charge in [-0.1, -0.05) is 26.2 Å². The van der Waals surface area contributed by atoms with Gasteiger partial charge in [0, 0.05) is 18.5 Å². The molecule has 1 heterocycles. The number of hydrogen-bond acceptors (Lipinski definition) is 2. The van der Waals surface area contributed by atoms with Crippen LogP contribution in [0.4, 0.5) is 0 Å². The summed E-state index contributed by atoms with van der Waals surface area (Å²) in [5, 5.41) is 0. The first-order chi connectivity index (χ1) is 8.77. The third-order valence-electron chi connectivity index (χ3n) is 4.91. The van der Waals surface area contributed by atoms with E-state index in [4.69, 9.17) is 5.73 Å². The zero-order chi connectivity index (χ0) is 13.0. The molecule has 104 valence electrons. The molecule has 0 radical (unpaired) electrons. The van der Waals surface area contributed by atoms with Gasteiger partial charge < -0.3 is 10.6 Å². The lowest BCUT2D eigenvalue weighted by molar-refractivity contribution is -0.139. The van der Waals surface area contributed by atoms with Crippen molar-refractivity contribution in [2.75, 3.05) is 13.1 Å². The summed E-state index contributed by atoms with van der Waals surface area (Å²) in [5.74, 6) is 1.08. The Hall–Kier alpha value is -0.570. The van der Waals surface area contributed by atoms with E-state index in [9.17, 15) is 4.79 Å². The summed E-state index contributed by atoms with van der Waals surface area (Å²) in [5.41, 5.74) is 5.82. The number of rotatable bonds is 3. The minimum Gasteiger partial charge on any atom is -0.339 e. The molecule has 1 unspecified atom stereocenters. The van der Waals surface area contributed by atoms with Crippen LogP contribution in [0, 0.1) is 11.8 Å². The maximum atomic E-state index is 12.8. The van der Waals surface area contributed by atoms with Crippen molar-refractivity contribution in [1.82, 2.24) is 4.90 Å². The highest BCUT2D eigenvalue weighted by molar-refractivity contribution is 5.79. The molecule has 0 aromatic heterocycles. The Bertz CT molecular complexity index is 280. The average molecular weight is 252 g/mol. The van der Waals surface area contributed by atoms with E-state index in [1.165, 1.54) is 32.1 Å². The molecule has 2 rings (SSSR count). The van der Waals surface area contributed by atoms with E-state index in [1.54, 1.807) is 0 Å². The Labute approximate surface area is 111 Å². The Kier molecular flexibility index (Phi) is 5.04. The second-order valence-corrected chi connectivity index (χ2v) is 5.98. The lowest BCUT2D eigenvalue weighted by Gasteiger charge is -2.33. The number of hydrogen-bond donors (Lipinski definition) is 1. The molecule has 0 spiro atoms. The van der Waals surface area contributed by atoms with Crippen molar-refractivity contribution < 1.29 is 4.79 Å². The van der Waals surface area contributed by atoms with Crippen molar-refractivity contribution in [2.45, 2.75) is 64.3 Å². The number of carbonyl (C=O) groups excluding carboxylic acids is 1. The van der Waals surface area contributed by atoms with Crippen LogP contribution in [0.1, 0.15) is 58.3 Å². The molecule has 2 N–H and O–H groups in total. The SMILES string of the molecule is CCC1CCCCCN1C(=O)[C@@H]1CCC[C@@H]1CN. The smallest absolute Gasteiger partial charge is 0.226 e. The highest BCUT2D eigenvalue weighted by atomic mass is 16.2. The summed E-state index contributed by atoms with van der Waals surface area (Å²) in [6.45, 7) is 3.87. The van der Waals surface area contributed by atoms with Gasteiger partial charge in [-0.05, 0) is 44.6 Å². The van der Waals surface area contributed by atoms with E-state index in [1.807, 2.05) is 0 Å². The lowest BCUT2D eigenvalue weighted by Crippen LogP contribution is -2.44. The molecule has 1 amide bonds. The topological polar surface area (TPSA) is 46.3 Å². The van der Waals surface area contributed by atoms with Gasteiger partial charge in [-0.25, -0.2) is 0 Å². The second kappa shape index (κ2) is 6.55. The van der Waals surface area contributed by atoms with Crippen molar-refractivity contribution in [1.29, 1.82) is 0 Å². The van der Waals surface area contributed by atoms with Crippen molar-refractivity contribution in [3.8, 4) is 0 Å². The lowest BCUT2D eigenvalue weighted by atomic mass is 9.93. The molecule has 18 heavy (non-hydrogen) atoms. The van der Waals surface area contributed by atoms with Crippen molar-refractivity contribution in [3.05, 3.63) is 0 Å². The average Bonchev–Trinajstić information content (AvgIpc) is 2.74. The zero-order valence-electron chi connectivity index (χ0n) is 11.7. The van der Waals surface area contributed by atoms with Crippen molar-refractivity contribution in [2.24, 2.45) is 17.6 Å². The van der Waals surface area contributed by atoms with Crippen LogP contribution in [-0.2, 0) is 4.79 Å². The van der Waals surface area contributed by atoms with Gasteiger partial charge in [0.25, 0.3) is 0 Å². The summed E-state index contributed by atoms with van der Waals surface area (Å²) >= 11 is 0. The first-order valence-electron chi connectivity index (χ1n) is 7.78. The molecule has 3 heteroatoms. The van der Waals surface area contributed by atoms with E-state index in [0.717, 1.165) is 25.8 Å². The number of nitrogens with zero attached hydrogens (tertiary/aromatic N) is 1. The molecule has 1 aliphatic heterocycles. The Morgan fingerprint density at radius 1 is 1.17 bits per heavy atom. The third kappa shape index (κ3) is 2.87. The second-order valence-electron chi connectivity index (χ2n) is 5.98. The predicted octanol–water partition coefficient (Wildman–Crippen LogP) is 2.54. The molecule has 1 aliphatic carbocycles. The van der Waals surface area contributed by atoms with Gasteiger partial charge in [0.2, 0.25) is 5.91 Å². The van der Waals surface area contributed by atoms with E-state index < -0.39 is 0 Å². The van der Waals surface area contributed by atoms with Crippen LogP contribution in [-0.4, -0.2) is 29.9 Å². The van der Waals surface area contributed by atoms with Gasteiger partial charge in [0.1, 0.15) is 0 Å². The van der Waals surface area contributed by atoms with E-state index in [2.05, 4.69) is 11.8 Å². The fourth-order valence-electron chi connectivity index (χ4n) is 3.75. The van der Waals surface area contributed by atoms with Crippen LogP contribution >= 0.6 is 0 Å². The summed E-state index contributed by atoms with van der Waals surface area (Å²) in [4.78, 5) is 15.0. The molecule has 1 saturated heterocycles. The van der Waals surface area contributed by atoms with Gasteiger partial charge in [0.15, 0.2) is 0 Å². The molecular formula is C15H28N2O. The fraction of sp³-hybridized carbons (Fsp3) is 0.933. The highest BCUT2D eigenvalue weighted by Crippen LogP contribution is 2.34. The molecule has 0 bridgehead atoms. The Morgan fingerprint density at radius 2 is 2.00 bits per heavy atom. The number of carbonyl (C=O) groups is 1. The monoisotopic (exact) mass is 252 g/mol. The van der Waals surface area contributed by atoms with E-state index in [0.29, 0.717) is 24.4 Å². The summed E-state index contributed by atoms with van der Waals surface area (Å²) in [6, 6.07) is 0.485. The number of amides is 1. The van der Waals surface area contributed by atoms with E-state index in [-0.39, 0.29) is 5.92 Å². The maximum Gasteiger partial charge on any atom is 0.226 e. The first kappa shape index (κ1) is 13.9. The Morgan fingerprint density at radius 3 is 2.72 bits per heavy atom. The van der Waals surface area contributed by atoms with Crippen LogP contribution in [0.25, 0.3) is 0 Å².